The van der Waals surface area contributed by atoms with Crippen LogP contribution in [0.4, 0.5) is 0 Å². The lowest BCUT2D eigenvalue weighted by Crippen LogP contribution is -2.57. The molecule has 0 amide bonds. The highest BCUT2D eigenvalue weighted by Gasteiger charge is 2.39. The van der Waals surface area contributed by atoms with E-state index in [1.165, 1.54) is 50.3 Å². The lowest BCUT2D eigenvalue weighted by atomic mass is 9.94. The summed E-state index contributed by atoms with van der Waals surface area (Å²) < 4.78 is 5.50. The number of aliphatic imine (C=N–C) groups is 1. The van der Waals surface area contributed by atoms with Gasteiger partial charge in [0.25, 0.3) is 0 Å². The highest BCUT2D eigenvalue weighted by Crippen LogP contribution is 2.36. The van der Waals surface area contributed by atoms with Gasteiger partial charge in [0.05, 0.1) is 12.2 Å². The molecule has 3 rings (SSSR count). The van der Waals surface area contributed by atoms with Crippen molar-refractivity contribution in [2.45, 2.75) is 71.4 Å². The quantitative estimate of drug-likeness (QED) is 0.510. The van der Waals surface area contributed by atoms with Crippen LogP contribution in [0.25, 0.3) is 0 Å². The van der Waals surface area contributed by atoms with Crippen molar-refractivity contribution in [1.82, 2.24) is 20.7 Å². The highest BCUT2D eigenvalue weighted by molar-refractivity contribution is 7.99. The summed E-state index contributed by atoms with van der Waals surface area (Å²) in [5.74, 6) is 4.41. The average molecular weight is 408 g/mol. The van der Waals surface area contributed by atoms with E-state index in [0.29, 0.717) is 12.1 Å². The van der Waals surface area contributed by atoms with E-state index in [-0.39, 0.29) is 0 Å². The Kier molecular flexibility index (Phi) is 8.09. The number of hydrogen-bond donors (Lipinski definition) is 2. The van der Waals surface area contributed by atoms with Gasteiger partial charge in [-0.1, -0.05) is 31.8 Å². The summed E-state index contributed by atoms with van der Waals surface area (Å²) in [7, 11) is 0. The van der Waals surface area contributed by atoms with Crippen molar-refractivity contribution in [2.24, 2.45) is 4.99 Å². The smallest absolute Gasteiger partial charge is 0.191 e. The molecule has 2 fully saturated rings. The Morgan fingerprint density at radius 1 is 1.14 bits per heavy atom. The van der Waals surface area contributed by atoms with Gasteiger partial charge in [-0.15, -0.1) is 0 Å². The van der Waals surface area contributed by atoms with Gasteiger partial charge in [0, 0.05) is 55.2 Å². The summed E-state index contributed by atoms with van der Waals surface area (Å²) in [5.41, 5.74) is 2.50. The van der Waals surface area contributed by atoms with Crippen LogP contribution < -0.4 is 10.6 Å². The first-order valence-electron chi connectivity index (χ1n) is 11.0. The first-order valence-corrected chi connectivity index (χ1v) is 12.2. The molecule has 0 spiro atoms. The maximum absolute atomic E-state index is 5.50. The Hall–Kier alpha value is -1.21. The zero-order chi connectivity index (χ0) is 19.8. The van der Waals surface area contributed by atoms with Crippen molar-refractivity contribution < 1.29 is 4.52 Å². The normalized spacial score (nSPS) is 20.5. The minimum atomic E-state index is 0.303. The minimum Gasteiger partial charge on any atom is -0.361 e. The molecule has 2 N–H and O–H groups in total. The largest absolute Gasteiger partial charge is 0.361 e. The highest BCUT2D eigenvalue weighted by atomic mass is 32.2. The fourth-order valence-electron chi connectivity index (χ4n) is 4.54. The zero-order valence-electron chi connectivity index (χ0n) is 17.9. The van der Waals surface area contributed by atoms with Gasteiger partial charge >= 0.3 is 0 Å². The lowest BCUT2D eigenvalue weighted by molar-refractivity contribution is 0.107. The van der Waals surface area contributed by atoms with Crippen molar-refractivity contribution in [2.75, 3.05) is 37.7 Å². The van der Waals surface area contributed by atoms with E-state index in [9.17, 15) is 0 Å². The van der Waals surface area contributed by atoms with Gasteiger partial charge in [-0.3, -0.25) is 4.90 Å². The fraction of sp³-hybridized carbons (Fsp3) is 0.810. The summed E-state index contributed by atoms with van der Waals surface area (Å²) in [6.07, 6.45) is 7.04. The van der Waals surface area contributed by atoms with Crippen molar-refractivity contribution in [3.05, 3.63) is 17.0 Å². The molecule has 1 aromatic heterocycles. The maximum atomic E-state index is 5.50. The lowest BCUT2D eigenvalue weighted by Gasteiger charge is -2.43. The molecular formula is C21H37N5OS. The second-order valence-electron chi connectivity index (χ2n) is 7.82. The van der Waals surface area contributed by atoms with Crippen LogP contribution >= 0.6 is 11.8 Å². The van der Waals surface area contributed by atoms with Gasteiger partial charge in [0.2, 0.25) is 0 Å². The summed E-state index contributed by atoms with van der Waals surface area (Å²) in [4.78, 5) is 7.63. The standard InChI is InChI=1S/C21H37N5OS/c1-4-18-17(19(5-2)27-25-18)15-23-20(22-6-3)24-16-21(9-7-8-10-21)26-11-13-28-14-12-26/h4-16H2,1-3H3,(H2,22,23,24). The Labute approximate surface area is 174 Å². The molecule has 0 bridgehead atoms. The third-order valence-electron chi connectivity index (χ3n) is 6.15. The monoisotopic (exact) mass is 407 g/mol. The topological polar surface area (TPSA) is 65.7 Å². The number of thioether (sulfide) groups is 1. The molecule has 1 aliphatic heterocycles. The summed E-state index contributed by atoms with van der Waals surface area (Å²) in [6.45, 7) is 11.3. The third-order valence-corrected chi connectivity index (χ3v) is 7.09. The molecule has 1 saturated carbocycles. The predicted molar refractivity (Wildman–Crippen MR) is 118 cm³/mol. The maximum Gasteiger partial charge on any atom is 0.191 e. The number of nitrogens with zero attached hydrogens (tertiary/aromatic N) is 3. The SMILES string of the molecule is CCNC(=NCc1c(CC)noc1CC)NCC1(N2CCSCC2)CCCC1. The number of guanidine groups is 1. The third kappa shape index (κ3) is 5.03. The van der Waals surface area contributed by atoms with Gasteiger partial charge in [-0.25, -0.2) is 4.99 Å². The van der Waals surface area contributed by atoms with Crippen LogP contribution in [-0.4, -0.2) is 59.2 Å². The average Bonchev–Trinajstić information content (AvgIpc) is 3.38. The van der Waals surface area contributed by atoms with E-state index in [0.717, 1.165) is 48.9 Å². The molecule has 0 atom stereocenters. The Morgan fingerprint density at radius 3 is 2.54 bits per heavy atom. The first-order chi connectivity index (χ1) is 13.7. The first kappa shape index (κ1) is 21.5. The number of hydrogen-bond acceptors (Lipinski definition) is 5. The molecule has 2 aliphatic rings. The van der Waals surface area contributed by atoms with E-state index < -0.39 is 0 Å². The van der Waals surface area contributed by atoms with Crippen molar-refractivity contribution in [3.8, 4) is 0 Å². The molecule has 0 unspecified atom stereocenters. The Morgan fingerprint density at radius 2 is 1.89 bits per heavy atom. The molecule has 158 valence electrons. The zero-order valence-corrected chi connectivity index (χ0v) is 18.7. The van der Waals surface area contributed by atoms with E-state index in [1.54, 1.807) is 0 Å². The fourth-order valence-corrected chi connectivity index (χ4v) is 5.44. The number of aromatic nitrogens is 1. The summed E-state index contributed by atoms with van der Waals surface area (Å²) >= 11 is 2.09. The molecule has 28 heavy (non-hydrogen) atoms. The second kappa shape index (κ2) is 10.5. The number of rotatable bonds is 8. The van der Waals surface area contributed by atoms with Crippen LogP contribution in [0.2, 0.25) is 0 Å². The second-order valence-corrected chi connectivity index (χ2v) is 9.04. The van der Waals surface area contributed by atoms with Gasteiger partial charge in [0.1, 0.15) is 5.76 Å². The van der Waals surface area contributed by atoms with Crippen molar-refractivity contribution in [1.29, 1.82) is 0 Å². The van der Waals surface area contributed by atoms with Crippen LogP contribution in [0, 0.1) is 0 Å². The van der Waals surface area contributed by atoms with Crippen LogP contribution in [-0.2, 0) is 19.4 Å². The van der Waals surface area contributed by atoms with E-state index in [1.807, 2.05) is 0 Å². The van der Waals surface area contributed by atoms with Gasteiger partial charge in [-0.05, 0) is 26.2 Å². The molecule has 0 aromatic carbocycles. The number of aryl methyl sites for hydroxylation is 2. The Balaban J connectivity index is 1.68. The van der Waals surface area contributed by atoms with Crippen LogP contribution in [0.5, 0.6) is 0 Å². The van der Waals surface area contributed by atoms with Crippen molar-refractivity contribution >= 4 is 17.7 Å². The van der Waals surface area contributed by atoms with E-state index >= 15 is 0 Å². The van der Waals surface area contributed by atoms with Gasteiger partial charge in [0.15, 0.2) is 5.96 Å². The Bertz CT molecular complexity index is 611. The van der Waals surface area contributed by atoms with Crippen LogP contribution in [0.3, 0.4) is 0 Å². The van der Waals surface area contributed by atoms with E-state index in [2.05, 4.69) is 53.2 Å². The summed E-state index contributed by atoms with van der Waals surface area (Å²) in [6, 6.07) is 0. The molecular weight excluding hydrogens is 370 g/mol. The predicted octanol–water partition coefficient (Wildman–Crippen LogP) is 3.22. The molecule has 7 heteroatoms. The van der Waals surface area contributed by atoms with E-state index in [4.69, 9.17) is 9.52 Å². The minimum absolute atomic E-state index is 0.303. The number of nitrogens with one attached hydrogen (secondary N) is 2. The molecule has 1 aliphatic carbocycles. The molecule has 2 heterocycles. The van der Waals surface area contributed by atoms with Crippen molar-refractivity contribution in [3.63, 3.8) is 0 Å². The molecule has 1 aromatic rings. The van der Waals surface area contributed by atoms with Crippen LogP contribution in [0.1, 0.15) is 63.5 Å². The summed E-state index contributed by atoms with van der Waals surface area (Å²) in [5, 5.41) is 11.3. The van der Waals surface area contributed by atoms with Gasteiger partial charge < -0.3 is 15.2 Å². The molecule has 0 radical (unpaired) electrons. The molecule has 6 nitrogen and oxygen atoms in total. The molecule has 1 saturated heterocycles. The van der Waals surface area contributed by atoms with Crippen LogP contribution in [0.15, 0.2) is 9.52 Å². The van der Waals surface area contributed by atoms with Gasteiger partial charge in [-0.2, -0.15) is 11.8 Å².